The first-order valence-corrected chi connectivity index (χ1v) is 14.8. The van der Waals surface area contributed by atoms with E-state index in [1.165, 1.54) is 10.8 Å². The SMILES string of the molecule is N#Cc1cc(-c2cccc(-n3c4ccccc4c4ccccc43)c2)cc(-c2nc(-c3ccccc3)nc(-c3ccccc3)n2)c1. The Balaban J connectivity index is 1.29. The molecule has 0 saturated carbocycles. The summed E-state index contributed by atoms with van der Waals surface area (Å²) in [5.74, 6) is 1.67. The van der Waals surface area contributed by atoms with E-state index < -0.39 is 0 Å². The zero-order valence-corrected chi connectivity index (χ0v) is 24.2. The van der Waals surface area contributed by atoms with E-state index in [1.807, 2.05) is 72.8 Å². The van der Waals surface area contributed by atoms with E-state index in [0.29, 0.717) is 23.0 Å². The molecule has 2 aromatic heterocycles. The number of benzene rings is 6. The van der Waals surface area contributed by atoms with Crippen molar-refractivity contribution in [2.75, 3.05) is 0 Å². The zero-order valence-electron chi connectivity index (χ0n) is 24.2. The minimum Gasteiger partial charge on any atom is -0.309 e. The molecule has 0 N–H and O–H groups in total. The lowest BCUT2D eigenvalue weighted by atomic mass is 9.99. The van der Waals surface area contributed by atoms with Crippen LogP contribution in [0.1, 0.15) is 5.56 Å². The molecule has 0 fully saturated rings. The van der Waals surface area contributed by atoms with Gasteiger partial charge in [0.2, 0.25) is 0 Å². The molecular weight excluding hydrogens is 550 g/mol. The zero-order chi connectivity index (χ0) is 30.2. The lowest BCUT2D eigenvalue weighted by molar-refractivity contribution is 1.07. The Bertz CT molecular complexity index is 2270. The van der Waals surface area contributed by atoms with Crippen LogP contribution in [0.3, 0.4) is 0 Å². The third kappa shape index (κ3) is 4.81. The van der Waals surface area contributed by atoms with Gasteiger partial charge in [-0.05, 0) is 53.6 Å². The van der Waals surface area contributed by atoms with Crippen LogP contribution in [0.15, 0.2) is 152 Å². The molecule has 2 heterocycles. The first-order chi connectivity index (χ1) is 22.2. The largest absolute Gasteiger partial charge is 0.309 e. The van der Waals surface area contributed by atoms with Crippen molar-refractivity contribution in [1.82, 2.24) is 19.5 Å². The average Bonchev–Trinajstić information content (AvgIpc) is 3.46. The number of nitriles is 1. The van der Waals surface area contributed by atoms with Crippen molar-refractivity contribution in [3.05, 3.63) is 157 Å². The van der Waals surface area contributed by atoms with Crippen LogP contribution >= 0.6 is 0 Å². The highest BCUT2D eigenvalue weighted by Crippen LogP contribution is 2.34. The normalized spacial score (nSPS) is 11.1. The first-order valence-electron chi connectivity index (χ1n) is 14.8. The third-order valence-corrected chi connectivity index (χ3v) is 8.04. The molecular formula is C40H25N5. The van der Waals surface area contributed by atoms with Gasteiger partial charge in [-0.2, -0.15) is 5.26 Å². The molecule has 0 spiro atoms. The minimum absolute atomic E-state index is 0.514. The number of rotatable bonds is 5. The molecule has 8 aromatic rings. The minimum atomic E-state index is 0.514. The van der Waals surface area contributed by atoms with Gasteiger partial charge in [0, 0.05) is 33.2 Å². The smallest absolute Gasteiger partial charge is 0.164 e. The van der Waals surface area contributed by atoms with Crippen LogP contribution in [0.25, 0.3) is 72.8 Å². The molecule has 0 saturated heterocycles. The van der Waals surface area contributed by atoms with E-state index in [1.54, 1.807) is 0 Å². The molecule has 0 radical (unpaired) electrons. The third-order valence-electron chi connectivity index (χ3n) is 8.04. The van der Waals surface area contributed by atoms with Gasteiger partial charge in [0.25, 0.3) is 0 Å². The van der Waals surface area contributed by atoms with Crippen LogP contribution in [0.4, 0.5) is 0 Å². The van der Waals surface area contributed by atoms with Gasteiger partial charge in [0.05, 0.1) is 22.7 Å². The molecule has 0 amide bonds. The van der Waals surface area contributed by atoms with Crippen LogP contribution in [0, 0.1) is 11.3 Å². The summed E-state index contributed by atoms with van der Waals surface area (Å²) in [4.78, 5) is 14.6. The van der Waals surface area contributed by atoms with E-state index in [4.69, 9.17) is 15.0 Å². The van der Waals surface area contributed by atoms with Crippen molar-refractivity contribution in [1.29, 1.82) is 5.26 Å². The summed E-state index contributed by atoms with van der Waals surface area (Å²) in [5.41, 5.74) is 8.33. The molecule has 0 unspecified atom stereocenters. The summed E-state index contributed by atoms with van der Waals surface area (Å²) in [6.07, 6.45) is 0. The van der Waals surface area contributed by atoms with Crippen molar-refractivity contribution >= 4 is 21.8 Å². The highest BCUT2D eigenvalue weighted by molar-refractivity contribution is 6.09. The summed E-state index contributed by atoms with van der Waals surface area (Å²) in [7, 11) is 0. The Morgan fingerprint density at radius 1 is 0.422 bits per heavy atom. The van der Waals surface area contributed by atoms with E-state index in [9.17, 15) is 5.26 Å². The van der Waals surface area contributed by atoms with Crippen molar-refractivity contribution < 1.29 is 0 Å². The summed E-state index contributed by atoms with van der Waals surface area (Å²) < 4.78 is 2.30. The molecule has 5 nitrogen and oxygen atoms in total. The van der Waals surface area contributed by atoms with Crippen LogP contribution in [0.2, 0.25) is 0 Å². The van der Waals surface area contributed by atoms with Gasteiger partial charge < -0.3 is 4.57 Å². The molecule has 6 aromatic carbocycles. The van der Waals surface area contributed by atoms with Crippen LogP contribution in [0.5, 0.6) is 0 Å². The predicted octanol–water partition coefficient (Wildman–Crippen LogP) is 9.51. The summed E-state index contributed by atoms with van der Waals surface area (Å²) in [5, 5.41) is 12.5. The molecule has 8 rings (SSSR count). The fraction of sp³-hybridized carbons (Fsp3) is 0. The molecule has 5 heteroatoms. The number of fused-ring (bicyclic) bond motifs is 3. The number of nitrogens with zero attached hydrogens (tertiary/aromatic N) is 5. The van der Waals surface area contributed by atoms with E-state index in [2.05, 4.69) is 89.5 Å². The van der Waals surface area contributed by atoms with Crippen LogP contribution in [-0.2, 0) is 0 Å². The molecule has 0 atom stereocenters. The molecule has 0 bridgehead atoms. The summed E-state index contributed by atoms with van der Waals surface area (Å²) in [6.45, 7) is 0. The monoisotopic (exact) mass is 575 g/mol. The second kappa shape index (κ2) is 11.0. The molecule has 0 aliphatic carbocycles. The van der Waals surface area contributed by atoms with Crippen molar-refractivity contribution in [2.45, 2.75) is 0 Å². The number of hydrogen-bond acceptors (Lipinski definition) is 4. The fourth-order valence-corrected chi connectivity index (χ4v) is 5.95. The summed E-state index contributed by atoms with van der Waals surface area (Å²) >= 11 is 0. The van der Waals surface area contributed by atoms with Gasteiger partial charge in [-0.15, -0.1) is 0 Å². The van der Waals surface area contributed by atoms with Crippen LogP contribution in [-0.4, -0.2) is 19.5 Å². The van der Waals surface area contributed by atoms with Gasteiger partial charge in [-0.3, -0.25) is 0 Å². The molecule has 210 valence electrons. The molecule has 0 aliphatic heterocycles. The lowest BCUT2D eigenvalue weighted by Gasteiger charge is -2.12. The quantitative estimate of drug-likeness (QED) is 0.205. The van der Waals surface area contributed by atoms with Crippen molar-refractivity contribution in [3.63, 3.8) is 0 Å². The highest BCUT2D eigenvalue weighted by Gasteiger charge is 2.16. The number of para-hydroxylation sites is 2. The van der Waals surface area contributed by atoms with E-state index >= 15 is 0 Å². The second-order valence-corrected chi connectivity index (χ2v) is 10.9. The Morgan fingerprint density at radius 3 is 1.49 bits per heavy atom. The van der Waals surface area contributed by atoms with Gasteiger partial charge in [0.1, 0.15) is 0 Å². The maximum Gasteiger partial charge on any atom is 0.164 e. The standard InChI is InChI=1S/C40H25N5/c41-26-27-22-31(30-16-11-17-33(25-30)45-36-20-9-7-18-34(36)35-19-8-10-21-37(35)45)24-32(23-27)40-43-38(28-12-3-1-4-13-28)42-39(44-40)29-14-5-2-6-15-29/h1-25H. The Morgan fingerprint density at radius 2 is 0.911 bits per heavy atom. The predicted molar refractivity (Wildman–Crippen MR) is 181 cm³/mol. The Labute approximate surface area is 260 Å². The molecule has 45 heavy (non-hydrogen) atoms. The molecule has 0 aliphatic rings. The lowest BCUT2D eigenvalue weighted by Crippen LogP contribution is -2.00. The van der Waals surface area contributed by atoms with Gasteiger partial charge >= 0.3 is 0 Å². The topological polar surface area (TPSA) is 67.4 Å². The first kappa shape index (κ1) is 26.3. The maximum absolute atomic E-state index is 10.1. The van der Waals surface area contributed by atoms with Gasteiger partial charge in [-0.1, -0.05) is 109 Å². The Hall–Kier alpha value is -6.38. The number of hydrogen-bond donors (Lipinski definition) is 0. The maximum atomic E-state index is 10.1. The second-order valence-electron chi connectivity index (χ2n) is 10.9. The average molecular weight is 576 g/mol. The number of aromatic nitrogens is 4. The van der Waals surface area contributed by atoms with Crippen LogP contribution < -0.4 is 0 Å². The van der Waals surface area contributed by atoms with E-state index in [0.717, 1.165) is 44.5 Å². The fourth-order valence-electron chi connectivity index (χ4n) is 5.95. The van der Waals surface area contributed by atoms with Crippen molar-refractivity contribution in [3.8, 4) is 57.0 Å². The van der Waals surface area contributed by atoms with Gasteiger partial charge in [0.15, 0.2) is 17.5 Å². The summed E-state index contributed by atoms with van der Waals surface area (Å²) in [6, 6.07) is 53.4. The van der Waals surface area contributed by atoms with Gasteiger partial charge in [-0.25, -0.2) is 15.0 Å². The van der Waals surface area contributed by atoms with E-state index in [-0.39, 0.29) is 0 Å². The Kier molecular flexibility index (Phi) is 6.44. The highest BCUT2D eigenvalue weighted by atomic mass is 15.0. The van der Waals surface area contributed by atoms with Crippen molar-refractivity contribution in [2.24, 2.45) is 0 Å².